The summed E-state index contributed by atoms with van der Waals surface area (Å²) in [6.45, 7) is 6.42. The second-order valence-corrected chi connectivity index (χ2v) is 6.83. The van der Waals surface area contributed by atoms with E-state index in [4.69, 9.17) is 17.0 Å². The van der Waals surface area contributed by atoms with Crippen molar-refractivity contribution in [3.63, 3.8) is 0 Å². The first-order valence-corrected chi connectivity index (χ1v) is 9.11. The zero-order chi connectivity index (χ0) is 18.8. The van der Waals surface area contributed by atoms with Gasteiger partial charge in [0.25, 0.3) is 0 Å². The fourth-order valence-corrected chi connectivity index (χ4v) is 3.75. The van der Waals surface area contributed by atoms with Gasteiger partial charge in [-0.25, -0.2) is 0 Å². The van der Waals surface area contributed by atoms with Crippen LogP contribution in [0.3, 0.4) is 0 Å². The molecule has 0 saturated carbocycles. The molecule has 0 aliphatic carbocycles. The molecule has 2 atom stereocenters. The molecule has 1 aliphatic rings. The first kappa shape index (κ1) is 18.4. The second-order valence-electron chi connectivity index (χ2n) is 6.45. The number of hydrogen-bond donors (Lipinski definition) is 1. The summed E-state index contributed by atoms with van der Waals surface area (Å²) >= 11 is 5.55. The van der Waals surface area contributed by atoms with Gasteiger partial charge in [-0.15, -0.1) is 0 Å². The Morgan fingerprint density at radius 1 is 1.38 bits per heavy atom. The smallest absolute Gasteiger partial charge is 0.325 e. The number of carbonyl (C=O) groups excluding carboxylic acids is 1. The fraction of sp³-hybridized carbons (Fsp3) is 0.421. The van der Waals surface area contributed by atoms with E-state index in [0.29, 0.717) is 11.7 Å². The van der Waals surface area contributed by atoms with E-state index >= 15 is 0 Å². The Bertz CT molecular complexity index is 818. The molecule has 2 aromatic heterocycles. The van der Waals surface area contributed by atoms with Gasteiger partial charge in [-0.2, -0.15) is 0 Å². The molecule has 3 rings (SSSR count). The second kappa shape index (κ2) is 7.45. The first-order valence-electron chi connectivity index (χ1n) is 8.70. The van der Waals surface area contributed by atoms with Crippen LogP contribution in [-0.2, 0) is 16.6 Å². The van der Waals surface area contributed by atoms with Gasteiger partial charge < -0.3 is 19.5 Å². The lowest BCUT2D eigenvalue weighted by atomic mass is 9.97. The lowest BCUT2D eigenvalue weighted by molar-refractivity contribution is -0.143. The molecule has 3 heterocycles. The van der Waals surface area contributed by atoms with Crippen LogP contribution < -0.4 is 5.32 Å². The summed E-state index contributed by atoms with van der Waals surface area (Å²) in [5.74, 6) is -0.284. The molecule has 0 bridgehead atoms. The van der Waals surface area contributed by atoms with Gasteiger partial charge in [0.2, 0.25) is 0 Å². The number of aromatic nitrogens is 2. The van der Waals surface area contributed by atoms with Crippen LogP contribution in [0.15, 0.2) is 30.5 Å². The molecule has 138 valence electrons. The highest BCUT2D eigenvalue weighted by Crippen LogP contribution is 2.40. The van der Waals surface area contributed by atoms with E-state index in [0.717, 1.165) is 22.6 Å². The molecule has 2 aromatic rings. The molecular weight excluding hydrogens is 348 g/mol. The van der Waals surface area contributed by atoms with Crippen molar-refractivity contribution in [3.8, 4) is 0 Å². The Kier molecular flexibility index (Phi) is 5.27. The van der Waals surface area contributed by atoms with Crippen molar-refractivity contribution in [2.24, 2.45) is 7.05 Å². The minimum Gasteiger partial charge on any atom is -0.465 e. The van der Waals surface area contributed by atoms with Gasteiger partial charge in [0.1, 0.15) is 6.54 Å². The van der Waals surface area contributed by atoms with Crippen molar-refractivity contribution in [2.45, 2.75) is 32.9 Å². The third-order valence-electron chi connectivity index (χ3n) is 4.94. The van der Waals surface area contributed by atoms with Crippen molar-refractivity contribution in [3.05, 3.63) is 53.1 Å². The molecule has 1 aliphatic heterocycles. The maximum atomic E-state index is 12.1. The minimum absolute atomic E-state index is 0.112. The monoisotopic (exact) mass is 372 g/mol. The molecule has 26 heavy (non-hydrogen) atoms. The van der Waals surface area contributed by atoms with Crippen molar-refractivity contribution in [2.75, 3.05) is 13.2 Å². The van der Waals surface area contributed by atoms with Crippen LogP contribution in [0, 0.1) is 13.8 Å². The van der Waals surface area contributed by atoms with Gasteiger partial charge >= 0.3 is 5.97 Å². The number of pyridine rings is 1. The Hall–Kier alpha value is -2.41. The van der Waals surface area contributed by atoms with Gasteiger partial charge in [-0.1, -0.05) is 6.07 Å². The van der Waals surface area contributed by atoms with Crippen molar-refractivity contribution >= 4 is 23.3 Å². The number of ether oxygens (including phenoxy) is 1. The lowest BCUT2D eigenvalue weighted by Crippen LogP contribution is -2.35. The topological polar surface area (TPSA) is 59.4 Å². The van der Waals surface area contributed by atoms with Crippen LogP contribution >= 0.6 is 12.2 Å². The number of hydrogen-bond acceptors (Lipinski definition) is 4. The first-order chi connectivity index (χ1) is 12.4. The summed E-state index contributed by atoms with van der Waals surface area (Å²) in [6, 6.07) is 7.73. The SMILES string of the molecule is CCOC(=O)CN1C(=S)N[C@@H](c2ccccn2)[C@H]1c1cc(C)n(C)c1C. The number of nitrogens with one attached hydrogen (secondary N) is 1. The fourth-order valence-electron chi connectivity index (χ4n) is 3.44. The highest BCUT2D eigenvalue weighted by atomic mass is 32.1. The predicted octanol–water partition coefficient (Wildman–Crippen LogP) is 2.57. The summed E-state index contributed by atoms with van der Waals surface area (Å²) in [5, 5.41) is 3.89. The number of nitrogens with zero attached hydrogens (tertiary/aromatic N) is 3. The standard InChI is InChI=1S/C19H24N4O2S/c1-5-25-16(24)11-23-18(14-10-12(2)22(4)13(14)3)17(21-19(23)26)15-8-6-7-9-20-15/h6-10,17-18H,5,11H2,1-4H3,(H,21,26)/t17-,18+/m0/s1. The third kappa shape index (κ3) is 3.31. The van der Waals surface area contributed by atoms with Gasteiger partial charge in [0, 0.05) is 24.6 Å². The Morgan fingerprint density at radius 3 is 2.73 bits per heavy atom. The molecule has 1 saturated heterocycles. The number of thiocarbonyl (C=S) groups is 1. The number of carbonyl (C=O) groups is 1. The highest BCUT2D eigenvalue weighted by Gasteiger charge is 2.42. The molecule has 0 spiro atoms. The van der Waals surface area contributed by atoms with E-state index in [-0.39, 0.29) is 24.6 Å². The zero-order valence-electron chi connectivity index (χ0n) is 15.5. The number of rotatable bonds is 5. The molecule has 6 nitrogen and oxygen atoms in total. The highest BCUT2D eigenvalue weighted by molar-refractivity contribution is 7.80. The largest absolute Gasteiger partial charge is 0.465 e. The van der Waals surface area contributed by atoms with E-state index in [9.17, 15) is 4.79 Å². The number of esters is 1. The van der Waals surface area contributed by atoms with E-state index in [1.165, 1.54) is 0 Å². The van der Waals surface area contributed by atoms with Crippen LogP contribution in [-0.4, -0.2) is 38.7 Å². The summed E-state index contributed by atoms with van der Waals surface area (Å²) in [5.41, 5.74) is 4.34. The Balaban J connectivity index is 2.04. The summed E-state index contributed by atoms with van der Waals surface area (Å²) in [7, 11) is 2.04. The summed E-state index contributed by atoms with van der Waals surface area (Å²) in [6.07, 6.45) is 1.77. The van der Waals surface area contributed by atoms with Crippen LogP contribution in [0.4, 0.5) is 0 Å². The average Bonchev–Trinajstić information content (AvgIpc) is 3.07. The predicted molar refractivity (Wildman–Crippen MR) is 104 cm³/mol. The summed E-state index contributed by atoms with van der Waals surface area (Å²) in [4.78, 5) is 18.6. The van der Waals surface area contributed by atoms with Crippen molar-refractivity contribution in [1.29, 1.82) is 0 Å². The van der Waals surface area contributed by atoms with E-state index in [1.54, 1.807) is 13.1 Å². The van der Waals surface area contributed by atoms with Crippen LogP contribution in [0.1, 0.15) is 41.7 Å². The normalized spacial score (nSPS) is 19.5. The molecule has 1 N–H and O–H groups in total. The van der Waals surface area contributed by atoms with Gasteiger partial charge in [-0.3, -0.25) is 9.78 Å². The Morgan fingerprint density at radius 2 is 2.15 bits per heavy atom. The van der Waals surface area contributed by atoms with E-state index in [2.05, 4.69) is 34.8 Å². The van der Waals surface area contributed by atoms with Gasteiger partial charge in [-0.05, 0) is 56.8 Å². The van der Waals surface area contributed by atoms with Gasteiger partial charge in [0.05, 0.1) is 24.4 Å². The van der Waals surface area contributed by atoms with Crippen LogP contribution in [0.5, 0.6) is 0 Å². The minimum atomic E-state index is -0.284. The van der Waals surface area contributed by atoms with Crippen molar-refractivity contribution in [1.82, 2.24) is 19.8 Å². The maximum Gasteiger partial charge on any atom is 0.325 e. The molecule has 0 aromatic carbocycles. The van der Waals surface area contributed by atoms with Crippen LogP contribution in [0.25, 0.3) is 0 Å². The average molecular weight is 372 g/mol. The lowest BCUT2D eigenvalue weighted by Gasteiger charge is -2.27. The summed E-state index contributed by atoms with van der Waals surface area (Å²) < 4.78 is 7.30. The maximum absolute atomic E-state index is 12.1. The quantitative estimate of drug-likeness (QED) is 0.643. The van der Waals surface area contributed by atoms with E-state index in [1.807, 2.05) is 30.1 Å². The molecule has 7 heteroatoms. The Labute approximate surface area is 159 Å². The van der Waals surface area contributed by atoms with Gasteiger partial charge in [0.15, 0.2) is 5.11 Å². The molecule has 1 fully saturated rings. The molecular formula is C19H24N4O2S. The molecule has 0 unspecified atom stereocenters. The third-order valence-corrected chi connectivity index (χ3v) is 5.29. The molecule has 0 amide bonds. The van der Waals surface area contributed by atoms with E-state index < -0.39 is 0 Å². The number of aryl methyl sites for hydroxylation is 1. The molecule has 0 radical (unpaired) electrons. The van der Waals surface area contributed by atoms with Crippen molar-refractivity contribution < 1.29 is 9.53 Å². The zero-order valence-corrected chi connectivity index (χ0v) is 16.3. The van der Waals surface area contributed by atoms with Crippen LogP contribution in [0.2, 0.25) is 0 Å².